The minimum absolute atomic E-state index is 0.131. The van der Waals surface area contributed by atoms with Gasteiger partial charge in [-0.2, -0.15) is 0 Å². The van der Waals surface area contributed by atoms with Gasteiger partial charge in [-0.1, -0.05) is 0 Å². The summed E-state index contributed by atoms with van der Waals surface area (Å²) < 4.78 is 9.14. The molecule has 104 valence electrons. The van der Waals surface area contributed by atoms with Gasteiger partial charge in [-0.05, 0) is 6.92 Å². The molecule has 0 rings (SSSR count). The highest BCUT2D eigenvalue weighted by molar-refractivity contribution is 5.86. The summed E-state index contributed by atoms with van der Waals surface area (Å²) in [5.74, 6) is -1.79. The van der Waals surface area contributed by atoms with E-state index >= 15 is 0 Å². The average Bonchev–Trinajstić information content (AvgIpc) is 2.32. The van der Waals surface area contributed by atoms with Crippen molar-refractivity contribution in [3.8, 4) is 0 Å². The van der Waals surface area contributed by atoms with Crippen LogP contribution in [0.15, 0.2) is 0 Å². The maximum Gasteiger partial charge on any atom is 0.328 e. The fourth-order valence-electron chi connectivity index (χ4n) is 1.13. The summed E-state index contributed by atoms with van der Waals surface area (Å²) in [6, 6.07) is -2.68. The monoisotopic (exact) mass is 262 g/mol. The molecule has 0 fully saturated rings. The van der Waals surface area contributed by atoms with Crippen molar-refractivity contribution in [3.05, 3.63) is 0 Å². The number of nitrogens with one attached hydrogen (secondary N) is 2. The van der Waals surface area contributed by atoms with E-state index in [-0.39, 0.29) is 13.0 Å². The zero-order chi connectivity index (χ0) is 14.1. The Labute approximate surface area is 105 Å². The molecule has 3 N–H and O–H groups in total. The van der Waals surface area contributed by atoms with E-state index in [4.69, 9.17) is 9.84 Å². The molecule has 0 aliphatic rings. The number of carbonyl (C=O) groups is 3. The minimum atomic E-state index is -1.17. The molecule has 0 aromatic carbocycles. The molecule has 2 unspecified atom stereocenters. The molecule has 0 bridgehead atoms. The number of esters is 1. The lowest BCUT2D eigenvalue weighted by Crippen LogP contribution is -2.50. The van der Waals surface area contributed by atoms with Gasteiger partial charge in [-0.25, -0.2) is 14.4 Å². The lowest BCUT2D eigenvalue weighted by atomic mass is 10.2. The number of methoxy groups -OCH3 is 2. The fourth-order valence-corrected chi connectivity index (χ4v) is 1.13. The molecule has 0 spiro atoms. The second-order valence-corrected chi connectivity index (χ2v) is 3.53. The minimum Gasteiger partial charge on any atom is -0.480 e. The highest BCUT2D eigenvalue weighted by Gasteiger charge is 2.22. The van der Waals surface area contributed by atoms with Crippen LogP contribution in [0.3, 0.4) is 0 Å². The van der Waals surface area contributed by atoms with Gasteiger partial charge in [0.2, 0.25) is 0 Å². The fraction of sp³-hybridized carbons (Fsp3) is 0.700. The van der Waals surface area contributed by atoms with Crippen molar-refractivity contribution in [1.29, 1.82) is 0 Å². The van der Waals surface area contributed by atoms with Gasteiger partial charge in [-0.3, -0.25) is 0 Å². The van der Waals surface area contributed by atoms with Gasteiger partial charge in [0.05, 0.1) is 7.11 Å². The molecule has 2 amide bonds. The molecule has 8 nitrogen and oxygen atoms in total. The largest absolute Gasteiger partial charge is 0.480 e. The smallest absolute Gasteiger partial charge is 0.328 e. The Morgan fingerprint density at radius 3 is 2.28 bits per heavy atom. The first-order valence-corrected chi connectivity index (χ1v) is 5.29. The van der Waals surface area contributed by atoms with Gasteiger partial charge >= 0.3 is 18.0 Å². The summed E-state index contributed by atoms with van der Waals surface area (Å²) in [4.78, 5) is 33.3. The average molecular weight is 262 g/mol. The number of hydrogen-bond donors (Lipinski definition) is 3. The maximum atomic E-state index is 11.4. The standard InChI is InChI=1S/C10H18N2O6/c1-6(9(15)18-3)11-10(16)12-7(8(13)14)4-5-17-2/h6-7H,4-5H2,1-3H3,(H,13,14)(H2,11,12,16). The molecule has 0 saturated heterocycles. The molecule has 0 radical (unpaired) electrons. The number of rotatable bonds is 7. The second kappa shape index (κ2) is 8.29. The Morgan fingerprint density at radius 1 is 1.22 bits per heavy atom. The van der Waals surface area contributed by atoms with E-state index in [2.05, 4.69) is 15.4 Å². The van der Waals surface area contributed by atoms with Crippen molar-refractivity contribution >= 4 is 18.0 Å². The Hall–Kier alpha value is -1.83. The van der Waals surface area contributed by atoms with Gasteiger partial charge in [-0.15, -0.1) is 0 Å². The number of carboxylic acids is 1. The molecule has 2 atom stereocenters. The maximum absolute atomic E-state index is 11.4. The van der Waals surface area contributed by atoms with E-state index < -0.39 is 30.1 Å². The molecule has 0 saturated carbocycles. The second-order valence-electron chi connectivity index (χ2n) is 3.53. The van der Waals surface area contributed by atoms with Crippen molar-refractivity contribution in [1.82, 2.24) is 10.6 Å². The normalized spacial score (nSPS) is 13.3. The van der Waals surface area contributed by atoms with Crippen LogP contribution in [0.25, 0.3) is 0 Å². The van der Waals surface area contributed by atoms with E-state index in [0.717, 1.165) is 0 Å². The molecular formula is C10H18N2O6. The number of urea groups is 1. The van der Waals surface area contributed by atoms with Crippen LogP contribution in [0.1, 0.15) is 13.3 Å². The molecule has 8 heteroatoms. The zero-order valence-electron chi connectivity index (χ0n) is 10.6. The van der Waals surface area contributed by atoms with Crippen molar-refractivity contribution in [2.45, 2.75) is 25.4 Å². The Kier molecular flexibility index (Phi) is 7.45. The SMILES string of the molecule is COCCC(NC(=O)NC(C)C(=O)OC)C(=O)O. The van der Waals surface area contributed by atoms with Gasteiger partial charge in [0.25, 0.3) is 0 Å². The Morgan fingerprint density at radius 2 is 1.83 bits per heavy atom. The third kappa shape index (κ3) is 6.04. The van der Waals surface area contributed by atoms with Gasteiger partial charge in [0.15, 0.2) is 0 Å². The summed E-state index contributed by atoms with van der Waals surface area (Å²) in [7, 11) is 2.62. The summed E-state index contributed by atoms with van der Waals surface area (Å²) in [6.07, 6.45) is 0.131. The van der Waals surface area contributed by atoms with E-state index in [1.807, 2.05) is 0 Å². The number of hydrogen-bond acceptors (Lipinski definition) is 5. The van der Waals surface area contributed by atoms with Crippen LogP contribution >= 0.6 is 0 Å². The molecule has 0 aliphatic carbocycles. The van der Waals surface area contributed by atoms with Gasteiger partial charge in [0, 0.05) is 20.1 Å². The first-order valence-electron chi connectivity index (χ1n) is 5.29. The number of carboxylic acid groups (broad SMARTS) is 1. The van der Waals surface area contributed by atoms with E-state index in [1.54, 1.807) is 0 Å². The summed E-state index contributed by atoms with van der Waals surface area (Å²) in [6.45, 7) is 1.63. The number of amides is 2. The van der Waals surface area contributed by atoms with Crippen LogP contribution in [0.4, 0.5) is 4.79 Å². The first kappa shape index (κ1) is 16.2. The van der Waals surface area contributed by atoms with Crippen LogP contribution in [0.5, 0.6) is 0 Å². The van der Waals surface area contributed by atoms with Crippen LogP contribution in [0, 0.1) is 0 Å². The molecule has 0 aromatic rings. The third-order valence-electron chi connectivity index (χ3n) is 2.12. The number of ether oxygens (including phenoxy) is 2. The molecule has 0 aromatic heterocycles. The van der Waals surface area contributed by atoms with Crippen LogP contribution in [-0.4, -0.2) is 56.0 Å². The van der Waals surface area contributed by atoms with E-state index in [1.165, 1.54) is 21.1 Å². The number of aliphatic carboxylic acids is 1. The van der Waals surface area contributed by atoms with Crippen LogP contribution in [0.2, 0.25) is 0 Å². The lowest BCUT2D eigenvalue weighted by molar-refractivity contribution is -0.142. The predicted molar refractivity (Wildman–Crippen MR) is 61.1 cm³/mol. The Balaban J connectivity index is 4.25. The van der Waals surface area contributed by atoms with Crippen molar-refractivity contribution in [3.63, 3.8) is 0 Å². The highest BCUT2D eigenvalue weighted by atomic mass is 16.5. The lowest BCUT2D eigenvalue weighted by Gasteiger charge is -2.16. The third-order valence-corrected chi connectivity index (χ3v) is 2.12. The molecule has 18 heavy (non-hydrogen) atoms. The van der Waals surface area contributed by atoms with Gasteiger partial charge in [0.1, 0.15) is 12.1 Å². The molecular weight excluding hydrogens is 244 g/mol. The van der Waals surface area contributed by atoms with E-state index in [0.29, 0.717) is 0 Å². The zero-order valence-corrected chi connectivity index (χ0v) is 10.6. The predicted octanol–water partition coefficient (Wildman–Crippen LogP) is -0.663. The molecule has 0 heterocycles. The van der Waals surface area contributed by atoms with E-state index in [9.17, 15) is 14.4 Å². The highest BCUT2D eigenvalue weighted by Crippen LogP contribution is 1.94. The summed E-state index contributed by atoms with van der Waals surface area (Å²) in [5.41, 5.74) is 0. The quantitative estimate of drug-likeness (QED) is 0.525. The van der Waals surface area contributed by atoms with Crippen LogP contribution in [-0.2, 0) is 19.1 Å². The topological polar surface area (TPSA) is 114 Å². The van der Waals surface area contributed by atoms with Crippen LogP contribution < -0.4 is 10.6 Å². The van der Waals surface area contributed by atoms with Crippen molar-refractivity contribution in [2.24, 2.45) is 0 Å². The number of carbonyl (C=O) groups excluding carboxylic acids is 2. The Bertz CT molecular complexity index is 307. The van der Waals surface area contributed by atoms with Crippen molar-refractivity contribution in [2.75, 3.05) is 20.8 Å². The summed E-state index contributed by atoms with van der Waals surface area (Å²) >= 11 is 0. The summed E-state index contributed by atoms with van der Waals surface area (Å²) in [5, 5.41) is 13.3. The van der Waals surface area contributed by atoms with Crippen molar-refractivity contribution < 1.29 is 29.0 Å². The van der Waals surface area contributed by atoms with Gasteiger partial charge < -0.3 is 25.2 Å². The molecule has 0 aliphatic heterocycles. The first-order chi connectivity index (χ1) is 8.42.